The lowest BCUT2D eigenvalue weighted by atomic mass is 10.1. The first-order chi connectivity index (χ1) is 9.26. The van der Waals surface area contributed by atoms with Crippen LogP contribution in [0.3, 0.4) is 0 Å². The van der Waals surface area contributed by atoms with Gasteiger partial charge in [-0.25, -0.2) is 0 Å². The fraction of sp³-hybridized carbons (Fsp3) is 0.250. The van der Waals surface area contributed by atoms with E-state index in [0.29, 0.717) is 10.9 Å². The SMILES string of the molecule is ClCc1ccc(Cl)cc1Oc1ccc2c(c1)CCC2. The number of benzene rings is 2. The van der Waals surface area contributed by atoms with Crippen LogP contribution in [0.25, 0.3) is 0 Å². The van der Waals surface area contributed by atoms with E-state index in [1.165, 1.54) is 24.0 Å². The number of rotatable bonds is 3. The summed E-state index contributed by atoms with van der Waals surface area (Å²) in [5.74, 6) is 2.01. The summed E-state index contributed by atoms with van der Waals surface area (Å²) in [7, 11) is 0. The number of hydrogen-bond acceptors (Lipinski definition) is 1. The molecule has 1 aliphatic carbocycles. The van der Waals surface area contributed by atoms with Gasteiger partial charge in [0, 0.05) is 10.6 Å². The Kier molecular flexibility index (Phi) is 3.67. The summed E-state index contributed by atoms with van der Waals surface area (Å²) in [5, 5.41) is 0.657. The zero-order valence-electron chi connectivity index (χ0n) is 10.5. The van der Waals surface area contributed by atoms with Gasteiger partial charge in [-0.2, -0.15) is 0 Å². The normalized spacial score (nSPS) is 13.4. The molecule has 3 heteroatoms. The third-order valence-corrected chi connectivity index (χ3v) is 3.99. The highest BCUT2D eigenvalue weighted by Gasteiger charge is 2.12. The molecular weight excluding hydrogens is 279 g/mol. The first-order valence-electron chi connectivity index (χ1n) is 6.40. The Morgan fingerprint density at radius 1 is 1.00 bits per heavy atom. The Morgan fingerprint density at radius 3 is 2.68 bits per heavy atom. The molecule has 2 aromatic carbocycles. The maximum atomic E-state index is 6.01. The number of halogens is 2. The summed E-state index contributed by atoms with van der Waals surface area (Å²) in [6, 6.07) is 11.8. The summed E-state index contributed by atoms with van der Waals surface area (Å²) in [6.07, 6.45) is 3.56. The number of ether oxygens (including phenoxy) is 1. The van der Waals surface area contributed by atoms with Crippen molar-refractivity contribution in [2.24, 2.45) is 0 Å². The maximum absolute atomic E-state index is 6.01. The van der Waals surface area contributed by atoms with Gasteiger partial charge >= 0.3 is 0 Å². The van der Waals surface area contributed by atoms with Crippen molar-refractivity contribution in [3.8, 4) is 11.5 Å². The lowest BCUT2D eigenvalue weighted by molar-refractivity contribution is 0.478. The summed E-state index contributed by atoms with van der Waals surface area (Å²) in [4.78, 5) is 0. The van der Waals surface area contributed by atoms with Gasteiger partial charge in [-0.05, 0) is 54.7 Å². The smallest absolute Gasteiger partial charge is 0.133 e. The van der Waals surface area contributed by atoms with Gasteiger partial charge in [0.1, 0.15) is 11.5 Å². The van der Waals surface area contributed by atoms with Gasteiger partial charge in [0.25, 0.3) is 0 Å². The minimum absolute atomic E-state index is 0.414. The Bertz CT molecular complexity index is 608. The molecule has 0 saturated heterocycles. The van der Waals surface area contributed by atoms with E-state index in [0.717, 1.165) is 23.5 Å². The molecule has 0 bridgehead atoms. The van der Waals surface area contributed by atoms with Crippen LogP contribution < -0.4 is 4.74 Å². The summed E-state index contributed by atoms with van der Waals surface area (Å²) < 4.78 is 5.94. The van der Waals surface area contributed by atoms with Crippen LogP contribution in [0.15, 0.2) is 36.4 Å². The van der Waals surface area contributed by atoms with E-state index >= 15 is 0 Å². The van der Waals surface area contributed by atoms with E-state index in [4.69, 9.17) is 27.9 Å². The molecule has 0 aliphatic heterocycles. The van der Waals surface area contributed by atoms with Crippen LogP contribution >= 0.6 is 23.2 Å². The van der Waals surface area contributed by atoms with Crippen molar-refractivity contribution in [1.82, 2.24) is 0 Å². The second-order valence-electron chi connectivity index (χ2n) is 4.77. The molecule has 3 rings (SSSR count). The molecule has 0 fully saturated rings. The predicted molar refractivity (Wildman–Crippen MR) is 79.6 cm³/mol. The van der Waals surface area contributed by atoms with E-state index < -0.39 is 0 Å². The molecule has 0 unspecified atom stereocenters. The molecule has 1 nitrogen and oxygen atoms in total. The van der Waals surface area contributed by atoms with Crippen LogP contribution in [0.4, 0.5) is 0 Å². The van der Waals surface area contributed by atoms with Crippen molar-refractivity contribution >= 4 is 23.2 Å². The third-order valence-electron chi connectivity index (χ3n) is 3.47. The minimum Gasteiger partial charge on any atom is -0.457 e. The Labute approximate surface area is 123 Å². The highest BCUT2D eigenvalue weighted by molar-refractivity contribution is 6.30. The molecule has 0 atom stereocenters. The molecular formula is C16H14Cl2O. The standard InChI is InChI=1S/C16H14Cl2O/c17-10-13-4-6-14(18)9-16(13)19-15-7-5-11-2-1-3-12(11)8-15/h4-9H,1-3,10H2. The molecule has 98 valence electrons. The molecule has 19 heavy (non-hydrogen) atoms. The zero-order chi connectivity index (χ0) is 13.2. The molecule has 0 radical (unpaired) electrons. The largest absolute Gasteiger partial charge is 0.457 e. The van der Waals surface area contributed by atoms with Crippen LogP contribution in [0.5, 0.6) is 11.5 Å². The van der Waals surface area contributed by atoms with Gasteiger partial charge in [0.05, 0.1) is 5.88 Å². The highest BCUT2D eigenvalue weighted by atomic mass is 35.5. The monoisotopic (exact) mass is 292 g/mol. The predicted octanol–water partition coefficient (Wildman–Crippen LogP) is 5.36. The van der Waals surface area contributed by atoms with Crippen LogP contribution in [-0.2, 0) is 18.7 Å². The number of hydrogen-bond donors (Lipinski definition) is 0. The highest BCUT2D eigenvalue weighted by Crippen LogP contribution is 2.32. The molecule has 0 aromatic heterocycles. The number of fused-ring (bicyclic) bond motifs is 1. The third kappa shape index (κ3) is 2.72. The molecule has 0 N–H and O–H groups in total. The van der Waals surface area contributed by atoms with Crippen LogP contribution in [-0.4, -0.2) is 0 Å². The van der Waals surface area contributed by atoms with Gasteiger partial charge in [0.2, 0.25) is 0 Å². The Balaban J connectivity index is 1.90. The van der Waals surface area contributed by atoms with Crippen molar-refractivity contribution in [2.75, 3.05) is 0 Å². The van der Waals surface area contributed by atoms with E-state index in [2.05, 4.69) is 12.1 Å². The Hall–Kier alpha value is -1.18. The molecule has 2 aromatic rings. The van der Waals surface area contributed by atoms with Crippen LogP contribution in [0.2, 0.25) is 5.02 Å². The average molecular weight is 293 g/mol. The van der Waals surface area contributed by atoms with E-state index in [-0.39, 0.29) is 0 Å². The van der Waals surface area contributed by atoms with Crippen molar-refractivity contribution < 1.29 is 4.74 Å². The molecule has 0 heterocycles. The van der Waals surface area contributed by atoms with Crippen molar-refractivity contribution in [3.63, 3.8) is 0 Å². The first kappa shape index (κ1) is 12.8. The molecule has 0 spiro atoms. The summed E-state index contributed by atoms with van der Waals surface area (Å²) in [5.41, 5.74) is 3.79. The van der Waals surface area contributed by atoms with Gasteiger partial charge in [0.15, 0.2) is 0 Å². The average Bonchev–Trinajstić information content (AvgIpc) is 2.86. The minimum atomic E-state index is 0.414. The lowest BCUT2D eigenvalue weighted by Crippen LogP contribution is -1.91. The Morgan fingerprint density at radius 2 is 1.84 bits per heavy atom. The maximum Gasteiger partial charge on any atom is 0.133 e. The quantitative estimate of drug-likeness (QED) is 0.692. The molecule has 0 saturated carbocycles. The van der Waals surface area contributed by atoms with Crippen molar-refractivity contribution in [2.45, 2.75) is 25.1 Å². The summed E-state index contributed by atoms with van der Waals surface area (Å²) in [6.45, 7) is 0. The number of aryl methyl sites for hydroxylation is 2. The van der Waals surface area contributed by atoms with Gasteiger partial charge in [-0.15, -0.1) is 11.6 Å². The van der Waals surface area contributed by atoms with Gasteiger partial charge in [-0.1, -0.05) is 23.7 Å². The van der Waals surface area contributed by atoms with E-state index in [1.54, 1.807) is 0 Å². The zero-order valence-corrected chi connectivity index (χ0v) is 12.0. The van der Waals surface area contributed by atoms with Crippen molar-refractivity contribution in [3.05, 3.63) is 58.1 Å². The van der Waals surface area contributed by atoms with Gasteiger partial charge < -0.3 is 4.74 Å². The topological polar surface area (TPSA) is 9.23 Å². The van der Waals surface area contributed by atoms with E-state index in [1.807, 2.05) is 24.3 Å². The van der Waals surface area contributed by atoms with Gasteiger partial charge in [-0.3, -0.25) is 0 Å². The van der Waals surface area contributed by atoms with Crippen LogP contribution in [0, 0.1) is 0 Å². The molecule has 1 aliphatic rings. The fourth-order valence-electron chi connectivity index (χ4n) is 2.47. The van der Waals surface area contributed by atoms with Crippen molar-refractivity contribution in [1.29, 1.82) is 0 Å². The van der Waals surface area contributed by atoms with Crippen LogP contribution in [0.1, 0.15) is 23.1 Å². The second-order valence-corrected chi connectivity index (χ2v) is 5.48. The first-order valence-corrected chi connectivity index (χ1v) is 7.31. The lowest BCUT2D eigenvalue weighted by Gasteiger charge is -2.11. The molecule has 0 amide bonds. The fourth-order valence-corrected chi connectivity index (χ4v) is 2.86. The summed E-state index contributed by atoms with van der Waals surface area (Å²) >= 11 is 11.9. The second kappa shape index (κ2) is 5.44. The number of alkyl halides is 1. The van der Waals surface area contributed by atoms with E-state index in [9.17, 15) is 0 Å².